The molecule has 0 radical (unpaired) electrons. The van der Waals surface area contributed by atoms with E-state index in [1.807, 2.05) is 23.3 Å². The van der Waals surface area contributed by atoms with Crippen LogP contribution in [0.25, 0.3) is 11.1 Å². The fourth-order valence-corrected chi connectivity index (χ4v) is 3.47. The molecule has 142 valence electrons. The van der Waals surface area contributed by atoms with Crippen molar-refractivity contribution in [1.82, 2.24) is 14.9 Å². The third-order valence-corrected chi connectivity index (χ3v) is 4.86. The van der Waals surface area contributed by atoms with Crippen LogP contribution in [0.2, 0.25) is 0 Å². The van der Waals surface area contributed by atoms with Gasteiger partial charge in [0, 0.05) is 49.6 Å². The second-order valence-corrected chi connectivity index (χ2v) is 6.75. The molecular formula is C20H23N3O4. The molecule has 0 unspecified atom stereocenters. The van der Waals surface area contributed by atoms with Gasteiger partial charge >= 0.3 is 0 Å². The van der Waals surface area contributed by atoms with Gasteiger partial charge in [-0.15, -0.1) is 0 Å². The molecule has 0 aliphatic carbocycles. The SMILES string of the molecule is O=C(CCN1CCCO1)N1CCOc2c(O)cc(-c3cccnc3)cc2C1. The third kappa shape index (κ3) is 4.04. The molecule has 1 amide bonds. The molecule has 1 N–H and O–H groups in total. The summed E-state index contributed by atoms with van der Waals surface area (Å²) in [7, 11) is 0. The van der Waals surface area contributed by atoms with Gasteiger partial charge in [-0.05, 0) is 30.2 Å². The molecule has 3 heterocycles. The molecule has 0 saturated carbocycles. The lowest BCUT2D eigenvalue weighted by atomic mass is 10.0. The van der Waals surface area contributed by atoms with E-state index in [1.54, 1.807) is 23.4 Å². The minimum absolute atomic E-state index is 0.0632. The Balaban J connectivity index is 1.51. The molecule has 27 heavy (non-hydrogen) atoms. The Kier molecular flexibility index (Phi) is 5.22. The van der Waals surface area contributed by atoms with Gasteiger partial charge in [-0.1, -0.05) is 6.07 Å². The van der Waals surface area contributed by atoms with E-state index in [-0.39, 0.29) is 11.7 Å². The summed E-state index contributed by atoms with van der Waals surface area (Å²) < 4.78 is 5.73. The molecular weight excluding hydrogens is 346 g/mol. The Bertz CT molecular complexity index is 806. The monoisotopic (exact) mass is 369 g/mol. The Morgan fingerprint density at radius 1 is 1.22 bits per heavy atom. The van der Waals surface area contributed by atoms with Crippen LogP contribution in [0.3, 0.4) is 0 Å². The van der Waals surface area contributed by atoms with Crippen LogP contribution in [0.1, 0.15) is 18.4 Å². The quantitative estimate of drug-likeness (QED) is 0.891. The Hall–Kier alpha value is -2.64. The summed E-state index contributed by atoms with van der Waals surface area (Å²) in [6.45, 7) is 3.48. The number of nitrogens with zero attached hydrogens (tertiary/aromatic N) is 3. The van der Waals surface area contributed by atoms with E-state index in [4.69, 9.17) is 9.57 Å². The van der Waals surface area contributed by atoms with Crippen molar-refractivity contribution in [3.8, 4) is 22.6 Å². The van der Waals surface area contributed by atoms with Crippen molar-refractivity contribution < 1.29 is 19.5 Å². The number of fused-ring (bicyclic) bond motifs is 1. The molecule has 7 nitrogen and oxygen atoms in total. The van der Waals surface area contributed by atoms with E-state index in [0.717, 1.165) is 36.3 Å². The summed E-state index contributed by atoms with van der Waals surface area (Å²) in [5.74, 6) is 0.611. The lowest BCUT2D eigenvalue weighted by Crippen LogP contribution is -2.34. The fraction of sp³-hybridized carbons (Fsp3) is 0.400. The summed E-state index contributed by atoms with van der Waals surface area (Å²) in [6, 6.07) is 7.43. The van der Waals surface area contributed by atoms with Gasteiger partial charge in [-0.3, -0.25) is 14.6 Å². The summed E-state index contributed by atoms with van der Waals surface area (Å²) in [5.41, 5.74) is 2.56. The van der Waals surface area contributed by atoms with Gasteiger partial charge in [0.05, 0.1) is 13.2 Å². The minimum Gasteiger partial charge on any atom is -0.504 e. The van der Waals surface area contributed by atoms with Gasteiger partial charge in [0.25, 0.3) is 0 Å². The zero-order chi connectivity index (χ0) is 18.6. The number of benzene rings is 1. The molecule has 7 heteroatoms. The largest absolute Gasteiger partial charge is 0.504 e. The lowest BCUT2D eigenvalue weighted by molar-refractivity contribution is -0.139. The van der Waals surface area contributed by atoms with Crippen LogP contribution < -0.4 is 4.74 Å². The summed E-state index contributed by atoms with van der Waals surface area (Å²) in [6.07, 6.45) is 4.87. The number of amides is 1. The van der Waals surface area contributed by atoms with E-state index in [1.165, 1.54) is 0 Å². The van der Waals surface area contributed by atoms with Crippen molar-refractivity contribution in [3.63, 3.8) is 0 Å². The van der Waals surface area contributed by atoms with Crippen LogP contribution in [0.15, 0.2) is 36.7 Å². The molecule has 1 aromatic heterocycles. The van der Waals surface area contributed by atoms with E-state index >= 15 is 0 Å². The van der Waals surface area contributed by atoms with Crippen LogP contribution >= 0.6 is 0 Å². The van der Waals surface area contributed by atoms with Crippen molar-refractivity contribution in [2.75, 3.05) is 32.8 Å². The topological polar surface area (TPSA) is 75.1 Å². The second-order valence-electron chi connectivity index (χ2n) is 6.75. The Morgan fingerprint density at radius 2 is 2.15 bits per heavy atom. The average molecular weight is 369 g/mol. The molecule has 0 spiro atoms. The maximum absolute atomic E-state index is 12.7. The van der Waals surface area contributed by atoms with E-state index in [2.05, 4.69) is 4.98 Å². The first kappa shape index (κ1) is 17.8. The third-order valence-electron chi connectivity index (χ3n) is 4.86. The molecule has 0 atom stereocenters. The standard InChI is InChI=1S/C20H23N3O4/c24-18-12-16(15-3-1-5-21-13-15)11-17-14-22(8-10-26-20(17)18)19(25)4-7-23-6-2-9-27-23/h1,3,5,11-13,24H,2,4,6-10,14H2. The number of carbonyl (C=O) groups is 1. The van der Waals surface area contributed by atoms with Crippen LogP contribution in [0.5, 0.6) is 11.5 Å². The summed E-state index contributed by atoms with van der Waals surface area (Å²) in [4.78, 5) is 24.0. The number of hydrogen-bond donors (Lipinski definition) is 1. The summed E-state index contributed by atoms with van der Waals surface area (Å²) in [5, 5.41) is 12.3. The van der Waals surface area contributed by atoms with Gasteiger partial charge in [-0.25, -0.2) is 0 Å². The van der Waals surface area contributed by atoms with Crippen molar-refractivity contribution in [1.29, 1.82) is 0 Å². The predicted octanol–water partition coefficient (Wildman–Crippen LogP) is 2.20. The normalized spacial score (nSPS) is 17.3. The lowest BCUT2D eigenvalue weighted by Gasteiger charge is -2.21. The number of rotatable bonds is 4. The highest BCUT2D eigenvalue weighted by Gasteiger charge is 2.24. The number of phenolic OH excluding ortho intramolecular Hbond substituents is 1. The maximum Gasteiger partial charge on any atom is 0.224 e. The second kappa shape index (κ2) is 7.94. The van der Waals surface area contributed by atoms with Crippen LogP contribution in [0, 0.1) is 0 Å². The number of aromatic nitrogens is 1. The van der Waals surface area contributed by atoms with Crippen molar-refractivity contribution in [2.45, 2.75) is 19.4 Å². The van der Waals surface area contributed by atoms with Gasteiger partial charge in [0.1, 0.15) is 6.61 Å². The van der Waals surface area contributed by atoms with Gasteiger partial charge < -0.3 is 14.7 Å². The number of phenols is 1. The average Bonchev–Trinajstić information content (AvgIpc) is 3.11. The van der Waals surface area contributed by atoms with Crippen molar-refractivity contribution in [2.24, 2.45) is 0 Å². The van der Waals surface area contributed by atoms with E-state index in [9.17, 15) is 9.90 Å². The predicted molar refractivity (Wildman–Crippen MR) is 99.0 cm³/mol. The van der Waals surface area contributed by atoms with Crippen molar-refractivity contribution >= 4 is 5.91 Å². The molecule has 2 aliphatic heterocycles. The first-order chi connectivity index (χ1) is 13.2. The number of pyridine rings is 1. The van der Waals surface area contributed by atoms with Gasteiger partial charge in [0.2, 0.25) is 5.91 Å². The molecule has 2 aliphatic rings. The van der Waals surface area contributed by atoms with Crippen molar-refractivity contribution in [3.05, 3.63) is 42.2 Å². The Morgan fingerprint density at radius 3 is 2.93 bits per heavy atom. The minimum atomic E-state index is 0.0632. The highest BCUT2D eigenvalue weighted by Crippen LogP contribution is 2.37. The number of aromatic hydroxyl groups is 1. The van der Waals surface area contributed by atoms with E-state index < -0.39 is 0 Å². The van der Waals surface area contributed by atoms with Gasteiger partial charge in [0.15, 0.2) is 11.5 Å². The summed E-state index contributed by atoms with van der Waals surface area (Å²) >= 11 is 0. The molecule has 0 bridgehead atoms. The first-order valence-electron chi connectivity index (χ1n) is 9.25. The maximum atomic E-state index is 12.7. The molecule has 1 fully saturated rings. The highest BCUT2D eigenvalue weighted by atomic mass is 16.7. The van der Waals surface area contributed by atoms with Crippen LogP contribution in [0.4, 0.5) is 0 Å². The first-order valence-corrected chi connectivity index (χ1v) is 9.25. The number of hydroxylamine groups is 2. The highest BCUT2D eigenvalue weighted by molar-refractivity contribution is 5.77. The fourth-order valence-electron chi connectivity index (χ4n) is 3.47. The van der Waals surface area contributed by atoms with Crippen LogP contribution in [-0.2, 0) is 16.2 Å². The molecule has 2 aromatic rings. The van der Waals surface area contributed by atoms with E-state index in [0.29, 0.717) is 38.4 Å². The Labute approximate surface area is 158 Å². The molecule has 1 saturated heterocycles. The zero-order valence-electron chi connectivity index (χ0n) is 15.1. The smallest absolute Gasteiger partial charge is 0.224 e. The number of ether oxygens (including phenoxy) is 1. The number of hydrogen-bond acceptors (Lipinski definition) is 6. The molecule has 4 rings (SSSR count). The zero-order valence-corrected chi connectivity index (χ0v) is 15.1. The molecule has 1 aromatic carbocycles. The number of carbonyl (C=O) groups excluding carboxylic acids is 1. The van der Waals surface area contributed by atoms with Crippen LogP contribution in [-0.4, -0.2) is 58.8 Å². The van der Waals surface area contributed by atoms with Gasteiger partial charge in [-0.2, -0.15) is 5.06 Å².